The lowest BCUT2D eigenvalue weighted by Crippen LogP contribution is -2.06. The van der Waals surface area contributed by atoms with Crippen LogP contribution in [0.4, 0.5) is 27.6 Å². The maximum absolute atomic E-state index is 13.3. The van der Waals surface area contributed by atoms with Crippen molar-refractivity contribution < 1.29 is 31.9 Å². The van der Waals surface area contributed by atoms with Gasteiger partial charge in [-0.3, -0.25) is 0 Å². The molecule has 0 radical (unpaired) electrons. The van der Waals surface area contributed by atoms with E-state index >= 15 is 0 Å². The number of hydrogen-bond acceptors (Lipinski definition) is 4. The van der Waals surface area contributed by atoms with E-state index in [4.69, 9.17) is 5.11 Å². The number of unbranched alkanes of at least 4 members (excludes halogenated alkanes) is 7. The maximum atomic E-state index is 13.3. The van der Waals surface area contributed by atoms with Crippen molar-refractivity contribution in [2.45, 2.75) is 71.4 Å². The summed E-state index contributed by atoms with van der Waals surface area (Å²) in [4.78, 5) is 14.8. The van der Waals surface area contributed by atoms with Crippen molar-refractivity contribution in [2.24, 2.45) is 0 Å². The minimum absolute atomic E-state index is 0.00504. The summed E-state index contributed by atoms with van der Waals surface area (Å²) < 4.78 is 65.3. The van der Waals surface area contributed by atoms with Crippen LogP contribution in [-0.2, 0) is 6.18 Å². The zero-order valence-corrected chi connectivity index (χ0v) is 22.3. The highest BCUT2D eigenvalue weighted by Gasteiger charge is 2.34. The summed E-state index contributed by atoms with van der Waals surface area (Å²) in [5.74, 6) is -2.28. The lowest BCUT2D eigenvalue weighted by atomic mass is 10.0. The lowest BCUT2D eigenvalue weighted by molar-refractivity contribution is -0.137. The number of para-hydroxylation sites is 1. The molecule has 10 heteroatoms. The summed E-state index contributed by atoms with van der Waals surface area (Å²) in [6.07, 6.45) is 5.32. The van der Waals surface area contributed by atoms with E-state index in [2.05, 4.69) is 17.2 Å². The molecule has 2 N–H and O–H groups in total. The first-order chi connectivity index (χ1) is 18.1. The quantitative estimate of drug-likeness (QED) is 0.172. The Hall–Kier alpha value is -3.01. The number of carboxylic acid groups (broad SMARTS) is 1. The predicted molar refractivity (Wildman–Crippen MR) is 142 cm³/mol. The van der Waals surface area contributed by atoms with Crippen molar-refractivity contribution in [1.82, 2.24) is 4.98 Å². The Morgan fingerprint density at radius 2 is 1.50 bits per heavy atom. The molecule has 0 amide bonds. The molecular formula is C28H33F5N2O2S. The molecule has 1 heterocycles. The molecule has 0 spiro atoms. The Morgan fingerprint density at radius 1 is 0.921 bits per heavy atom. The first-order valence-electron chi connectivity index (χ1n) is 12.6. The molecule has 0 saturated heterocycles. The van der Waals surface area contributed by atoms with E-state index in [0.717, 1.165) is 30.2 Å². The molecule has 0 bridgehead atoms. The predicted octanol–water partition coefficient (Wildman–Crippen LogP) is 9.35. The molecule has 0 aliphatic heterocycles. The van der Waals surface area contributed by atoms with Crippen molar-refractivity contribution in [3.8, 4) is 10.4 Å². The third-order valence-corrected chi connectivity index (χ3v) is 6.93. The van der Waals surface area contributed by atoms with E-state index in [0.29, 0.717) is 6.54 Å². The SMILES string of the molecule is CCCCCCCCCCNc1c(F)cccc1F.Cc1nc(C(=O)O)sc1-c1ccccc1C(F)(F)F. The second kappa shape index (κ2) is 15.4. The number of rotatable bonds is 12. The van der Waals surface area contributed by atoms with Gasteiger partial charge in [0, 0.05) is 12.1 Å². The Kier molecular flexibility index (Phi) is 12.7. The lowest BCUT2D eigenvalue weighted by Gasteiger charge is -2.11. The Morgan fingerprint density at radius 3 is 2.05 bits per heavy atom. The summed E-state index contributed by atoms with van der Waals surface area (Å²) in [6, 6.07) is 8.99. The van der Waals surface area contributed by atoms with Gasteiger partial charge >= 0.3 is 12.1 Å². The summed E-state index contributed by atoms with van der Waals surface area (Å²) in [5.41, 5.74) is -0.555. The van der Waals surface area contributed by atoms with Crippen LogP contribution in [0.15, 0.2) is 42.5 Å². The molecule has 0 atom stereocenters. The number of aromatic nitrogens is 1. The number of benzene rings is 2. The maximum Gasteiger partial charge on any atom is 0.417 e. The van der Waals surface area contributed by atoms with Gasteiger partial charge in [0.1, 0.15) is 17.3 Å². The minimum atomic E-state index is -4.49. The van der Waals surface area contributed by atoms with E-state index in [1.165, 1.54) is 81.8 Å². The van der Waals surface area contributed by atoms with E-state index in [1.54, 1.807) is 0 Å². The number of anilines is 1. The molecule has 0 unspecified atom stereocenters. The standard InChI is InChI=1S/C16H25F2N.C12H8F3NO2S/c1-2-3-4-5-6-7-8-9-13-19-16-14(17)11-10-12-15(16)18;1-6-9(19-10(16-6)11(17)18)7-4-2-3-5-8(7)12(13,14)15/h10-12,19H,2-9,13H2,1H3;2-5H,1H3,(H,17,18). The molecule has 0 fully saturated rings. The minimum Gasteiger partial charge on any atom is -0.476 e. The Balaban J connectivity index is 0.000000267. The molecule has 0 aliphatic rings. The number of nitrogens with zero attached hydrogens (tertiary/aromatic N) is 1. The molecule has 208 valence electrons. The number of carbonyl (C=O) groups is 1. The number of thiazole rings is 1. The fraction of sp³-hybridized carbons (Fsp3) is 0.429. The van der Waals surface area contributed by atoms with Crippen LogP contribution < -0.4 is 5.32 Å². The van der Waals surface area contributed by atoms with E-state index < -0.39 is 29.3 Å². The van der Waals surface area contributed by atoms with E-state index in [-0.39, 0.29) is 26.8 Å². The van der Waals surface area contributed by atoms with Crippen LogP contribution in [0.2, 0.25) is 0 Å². The third-order valence-electron chi connectivity index (χ3n) is 5.75. The normalized spacial score (nSPS) is 11.1. The van der Waals surface area contributed by atoms with E-state index in [9.17, 15) is 26.7 Å². The largest absolute Gasteiger partial charge is 0.476 e. The summed E-state index contributed by atoms with van der Waals surface area (Å²) in [7, 11) is 0. The van der Waals surface area contributed by atoms with Crippen molar-refractivity contribution in [3.05, 3.63) is 70.4 Å². The van der Waals surface area contributed by atoms with Gasteiger partial charge in [0.05, 0.1) is 16.1 Å². The van der Waals surface area contributed by atoms with E-state index in [1.807, 2.05) is 0 Å². The zero-order valence-electron chi connectivity index (χ0n) is 21.5. The zero-order chi connectivity index (χ0) is 28.1. The van der Waals surface area contributed by atoms with Gasteiger partial charge in [-0.25, -0.2) is 18.6 Å². The van der Waals surface area contributed by atoms with Crippen LogP contribution in [0.25, 0.3) is 10.4 Å². The van der Waals surface area contributed by atoms with Gasteiger partial charge < -0.3 is 10.4 Å². The average Bonchev–Trinajstić information content (AvgIpc) is 3.26. The molecule has 3 aromatic rings. The van der Waals surface area contributed by atoms with Crippen LogP contribution in [-0.4, -0.2) is 22.6 Å². The second-order valence-electron chi connectivity index (χ2n) is 8.78. The number of nitrogens with one attached hydrogen (secondary N) is 1. The number of alkyl halides is 3. The number of hydrogen-bond donors (Lipinski definition) is 2. The van der Waals surface area contributed by atoms with Crippen molar-refractivity contribution in [1.29, 1.82) is 0 Å². The molecule has 38 heavy (non-hydrogen) atoms. The number of halogens is 5. The highest BCUT2D eigenvalue weighted by molar-refractivity contribution is 7.17. The summed E-state index contributed by atoms with van der Waals surface area (Å²) in [6.45, 7) is 4.34. The Labute approximate surface area is 223 Å². The van der Waals surface area contributed by atoms with Gasteiger partial charge in [-0.15, -0.1) is 11.3 Å². The number of aryl methyl sites for hydroxylation is 1. The molecule has 0 aliphatic carbocycles. The highest BCUT2D eigenvalue weighted by atomic mass is 32.1. The molecule has 0 saturated carbocycles. The molecule has 3 rings (SSSR count). The highest BCUT2D eigenvalue weighted by Crippen LogP contribution is 2.40. The molecule has 2 aromatic carbocycles. The van der Waals surface area contributed by atoms with Crippen LogP contribution in [0.5, 0.6) is 0 Å². The molecular weight excluding hydrogens is 523 g/mol. The van der Waals surface area contributed by atoms with Crippen LogP contribution >= 0.6 is 11.3 Å². The summed E-state index contributed by atoms with van der Waals surface area (Å²) in [5, 5.41) is 11.4. The molecule has 1 aromatic heterocycles. The van der Waals surface area contributed by atoms with Gasteiger partial charge in [0.25, 0.3) is 0 Å². The number of carboxylic acids is 1. The van der Waals surface area contributed by atoms with Crippen LogP contribution in [0.3, 0.4) is 0 Å². The smallest absolute Gasteiger partial charge is 0.417 e. The number of aromatic carboxylic acids is 1. The van der Waals surface area contributed by atoms with Gasteiger partial charge in [0.15, 0.2) is 0 Å². The second-order valence-corrected chi connectivity index (χ2v) is 9.78. The van der Waals surface area contributed by atoms with Gasteiger partial charge in [-0.1, -0.05) is 76.1 Å². The topological polar surface area (TPSA) is 62.2 Å². The van der Waals surface area contributed by atoms with Gasteiger partial charge in [-0.05, 0) is 31.5 Å². The van der Waals surface area contributed by atoms with Crippen molar-refractivity contribution in [3.63, 3.8) is 0 Å². The van der Waals surface area contributed by atoms with Crippen molar-refractivity contribution >= 4 is 23.0 Å². The average molecular weight is 557 g/mol. The van der Waals surface area contributed by atoms with Gasteiger partial charge in [-0.2, -0.15) is 13.2 Å². The van der Waals surface area contributed by atoms with Gasteiger partial charge in [0.2, 0.25) is 5.01 Å². The Bertz CT molecular complexity index is 1140. The van der Waals surface area contributed by atoms with Crippen LogP contribution in [0.1, 0.15) is 79.3 Å². The third kappa shape index (κ3) is 9.70. The molecule has 4 nitrogen and oxygen atoms in total. The fourth-order valence-corrected chi connectivity index (χ4v) is 4.75. The monoisotopic (exact) mass is 556 g/mol. The van der Waals surface area contributed by atoms with Crippen LogP contribution in [0, 0.1) is 18.6 Å². The first kappa shape index (κ1) is 31.2. The fourth-order valence-electron chi connectivity index (χ4n) is 3.81. The first-order valence-corrected chi connectivity index (χ1v) is 13.4. The summed E-state index contributed by atoms with van der Waals surface area (Å²) >= 11 is 0.740. The van der Waals surface area contributed by atoms with Crippen molar-refractivity contribution in [2.75, 3.05) is 11.9 Å².